The van der Waals surface area contributed by atoms with Crippen LogP contribution in [0.2, 0.25) is 0 Å². The van der Waals surface area contributed by atoms with E-state index in [0.717, 1.165) is 27.3 Å². The van der Waals surface area contributed by atoms with E-state index in [-0.39, 0.29) is 18.8 Å². The minimum absolute atomic E-state index is 0.0630. The standard InChI is InChI=1S/C21H20O4/c1-14(2)21(23)25-17(12-22)13-24-20-18-9-5-3-7-15(18)11-16-8-4-6-10-19(16)20/h3-11,17,22H,1,12-13H2,2H3. The molecule has 4 nitrogen and oxygen atoms in total. The summed E-state index contributed by atoms with van der Waals surface area (Å²) in [4.78, 5) is 11.7. The molecule has 1 unspecified atom stereocenters. The first kappa shape index (κ1) is 17.0. The molecule has 0 spiro atoms. The van der Waals surface area contributed by atoms with E-state index >= 15 is 0 Å². The lowest BCUT2D eigenvalue weighted by Crippen LogP contribution is -2.28. The molecule has 3 aromatic carbocycles. The summed E-state index contributed by atoms with van der Waals surface area (Å²) in [6.07, 6.45) is -0.748. The molecule has 0 radical (unpaired) electrons. The Balaban J connectivity index is 1.93. The average Bonchev–Trinajstić information content (AvgIpc) is 2.63. The summed E-state index contributed by atoms with van der Waals surface area (Å²) < 4.78 is 11.2. The Hall–Kier alpha value is -2.85. The number of fused-ring (bicyclic) bond motifs is 2. The van der Waals surface area contributed by atoms with Crippen LogP contribution in [0.25, 0.3) is 21.5 Å². The summed E-state index contributed by atoms with van der Waals surface area (Å²) in [5.74, 6) is 0.184. The molecule has 1 atom stereocenters. The van der Waals surface area contributed by atoms with Gasteiger partial charge in [0.2, 0.25) is 0 Å². The molecule has 4 heteroatoms. The second-order valence-electron chi connectivity index (χ2n) is 5.95. The lowest BCUT2D eigenvalue weighted by atomic mass is 10.0. The van der Waals surface area contributed by atoms with E-state index in [1.165, 1.54) is 0 Å². The maximum Gasteiger partial charge on any atom is 0.333 e. The SMILES string of the molecule is C=C(C)C(=O)OC(CO)COc1c2ccccc2cc2ccccc12. The number of carbonyl (C=O) groups excluding carboxylic acids is 1. The van der Waals surface area contributed by atoms with E-state index in [4.69, 9.17) is 9.47 Å². The van der Waals surface area contributed by atoms with E-state index in [9.17, 15) is 9.90 Å². The van der Waals surface area contributed by atoms with Crippen molar-refractivity contribution in [2.75, 3.05) is 13.2 Å². The fraction of sp³-hybridized carbons (Fsp3) is 0.190. The van der Waals surface area contributed by atoms with Gasteiger partial charge in [0, 0.05) is 16.3 Å². The van der Waals surface area contributed by atoms with Crippen LogP contribution in [0.15, 0.2) is 66.7 Å². The van der Waals surface area contributed by atoms with Gasteiger partial charge in [-0.1, -0.05) is 55.1 Å². The van der Waals surface area contributed by atoms with Crippen LogP contribution in [0.1, 0.15) is 6.92 Å². The van der Waals surface area contributed by atoms with Crippen LogP contribution >= 0.6 is 0 Å². The van der Waals surface area contributed by atoms with Gasteiger partial charge in [-0.25, -0.2) is 4.79 Å². The molecule has 0 amide bonds. The molecule has 0 aliphatic carbocycles. The van der Waals surface area contributed by atoms with Gasteiger partial charge in [-0.05, 0) is 23.8 Å². The van der Waals surface area contributed by atoms with Crippen molar-refractivity contribution in [1.82, 2.24) is 0 Å². The molecule has 0 aliphatic rings. The van der Waals surface area contributed by atoms with E-state index in [2.05, 4.69) is 12.6 Å². The Bertz CT molecular complexity index is 875. The maximum atomic E-state index is 11.7. The summed E-state index contributed by atoms with van der Waals surface area (Å²) in [5, 5.41) is 13.6. The Morgan fingerprint density at radius 2 is 1.64 bits per heavy atom. The van der Waals surface area contributed by atoms with Crippen LogP contribution < -0.4 is 4.74 Å². The molecule has 0 aliphatic heterocycles. The molecule has 1 N–H and O–H groups in total. The van der Waals surface area contributed by atoms with Crippen LogP contribution in [0.3, 0.4) is 0 Å². The molecule has 0 bridgehead atoms. The maximum absolute atomic E-state index is 11.7. The van der Waals surface area contributed by atoms with Crippen molar-refractivity contribution in [2.24, 2.45) is 0 Å². The summed E-state index contributed by atoms with van der Waals surface area (Å²) in [5.41, 5.74) is 0.286. The molecule has 25 heavy (non-hydrogen) atoms. The van der Waals surface area contributed by atoms with Crippen molar-refractivity contribution < 1.29 is 19.4 Å². The molecule has 0 fully saturated rings. The smallest absolute Gasteiger partial charge is 0.333 e. The third kappa shape index (κ3) is 3.64. The minimum atomic E-state index is -0.748. The Morgan fingerprint density at radius 1 is 1.08 bits per heavy atom. The van der Waals surface area contributed by atoms with E-state index in [1.807, 2.05) is 48.5 Å². The quantitative estimate of drug-likeness (QED) is 0.422. The molecule has 0 saturated carbocycles. The molecule has 3 rings (SSSR count). The highest BCUT2D eigenvalue weighted by Crippen LogP contribution is 2.34. The van der Waals surface area contributed by atoms with Crippen molar-refractivity contribution in [2.45, 2.75) is 13.0 Å². The van der Waals surface area contributed by atoms with E-state index < -0.39 is 12.1 Å². The first-order chi connectivity index (χ1) is 12.1. The van der Waals surface area contributed by atoms with Crippen LogP contribution in [0.5, 0.6) is 5.75 Å². The number of ether oxygens (including phenoxy) is 2. The number of hydrogen-bond donors (Lipinski definition) is 1. The summed E-state index contributed by atoms with van der Waals surface area (Å²) in [6, 6.07) is 18.0. The van der Waals surface area contributed by atoms with Crippen LogP contribution in [-0.4, -0.2) is 30.4 Å². The zero-order valence-corrected chi connectivity index (χ0v) is 14.1. The molecule has 3 aromatic rings. The summed E-state index contributed by atoms with van der Waals surface area (Å²) >= 11 is 0. The number of esters is 1. The highest BCUT2D eigenvalue weighted by atomic mass is 16.6. The molecular weight excluding hydrogens is 316 g/mol. The number of hydrogen-bond acceptors (Lipinski definition) is 4. The molecule has 0 aromatic heterocycles. The number of aliphatic hydroxyl groups excluding tert-OH is 1. The first-order valence-corrected chi connectivity index (χ1v) is 8.11. The average molecular weight is 336 g/mol. The number of carbonyl (C=O) groups is 1. The zero-order valence-electron chi connectivity index (χ0n) is 14.1. The van der Waals surface area contributed by atoms with Crippen LogP contribution in [-0.2, 0) is 9.53 Å². The highest BCUT2D eigenvalue weighted by Gasteiger charge is 2.17. The predicted molar refractivity (Wildman–Crippen MR) is 98.7 cm³/mol. The van der Waals surface area contributed by atoms with Gasteiger partial charge in [0.25, 0.3) is 0 Å². The third-order valence-electron chi connectivity index (χ3n) is 3.96. The molecular formula is C21H20O4. The second kappa shape index (κ2) is 7.36. The van der Waals surface area contributed by atoms with Crippen molar-refractivity contribution in [3.05, 3.63) is 66.7 Å². The Morgan fingerprint density at radius 3 is 2.16 bits per heavy atom. The van der Waals surface area contributed by atoms with Gasteiger partial charge in [-0.2, -0.15) is 0 Å². The Kier molecular flexibility index (Phi) is 5.00. The summed E-state index contributed by atoms with van der Waals surface area (Å²) in [7, 11) is 0. The molecule has 0 saturated heterocycles. The van der Waals surface area contributed by atoms with Crippen LogP contribution in [0.4, 0.5) is 0 Å². The number of rotatable bonds is 6. The van der Waals surface area contributed by atoms with E-state index in [1.54, 1.807) is 6.92 Å². The fourth-order valence-electron chi connectivity index (χ4n) is 2.68. The lowest BCUT2D eigenvalue weighted by Gasteiger charge is -2.18. The highest BCUT2D eigenvalue weighted by molar-refractivity contribution is 6.05. The normalized spacial score (nSPS) is 12.1. The van der Waals surface area contributed by atoms with Crippen molar-refractivity contribution in [3.8, 4) is 5.75 Å². The Labute approximate surface area is 146 Å². The number of benzene rings is 3. The van der Waals surface area contributed by atoms with Gasteiger partial charge in [-0.15, -0.1) is 0 Å². The van der Waals surface area contributed by atoms with Crippen LogP contribution in [0, 0.1) is 0 Å². The topological polar surface area (TPSA) is 55.8 Å². The zero-order chi connectivity index (χ0) is 17.8. The molecule has 0 heterocycles. The lowest BCUT2D eigenvalue weighted by molar-refractivity contribution is -0.147. The third-order valence-corrected chi connectivity index (χ3v) is 3.96. The van der Waals surface area contributed by atoms with E-state index in [0.29, 0.717) is 0 Å². The fourth-order valence-corrected chi connectivity index (χ4v) is 2.68. The first-order valence-electron chi connectivity index (χ1n) is 8.11. The molecule has 128 valence electrons. The largest absolute Gasteiger partial charge is 0.488 e. The van der Waals surface area contributed by atoms with Gasteiger partial charge < -0.3 is 14.6 Å². The van der Waals surface area contributed by atoms with Gasteiger partial charge in [0.15, 0.2) is 6.10 Å². The number of aliphatic hydroxyl groups is 1. The van der Waals surface area contributed by atoms with Crippen molar-refractivity contribution in [1.29, 1.82) is 0 Å². The van der Waals surface area contributed by atoms with Gasteiger partial charge in [0.05, 0.1) is 6.61 Å². The second-order valence-corrected chi connectivity index (χ2v) is 5.95. The van der Waals surface area contributed by atoms with Gasteiger partial charge in [0.1, 0.15) is 12.4 Å². The predicted octanol–water partition coefficient (Wildman–Crippen LogP) is 3.85. The van der Waals surface area contributed by atoms with Gasteiger partial charge in [-0.3, -0.25) is 0 Å². The van der Waals surface area contributed by atoms with Crippen molar-refractivity contribution >= 4 is 27.5 Å². The minimum Gasteiger partial charge on any atom is -0.488 e. The van der Waals surface area contributed by atoms with Crippen molar-refractivity contribution in [3.63, 3.8) is 0 Å². The monoisotopic (exact) mass is 336 g/mol. The summed E-state index contributed by atoms with van der Waals surface area (Å²) in [6.45, 7) is 4.86. The van der Waals surface area contributed by atoms with Gasteiger partial charge >= 0.3 is 5.97 Å².